The molecule has 1 saturated heterocycles. The molecule has 1 unspecified atom stereocenters. The first kappa shape index (κ1) is 17.0. The Morgan fingerprint density at radius 1 is 1.38 bits per heavy atom. The Kier molecular flexibility index (Phi) is 5.20. The molecular formula is C17H21N3O3S. The Morgan fingerprint density at radius 2 is 2.12 bits per heavy atom. The summed E-state index contributed by atoms with van der Waals surface area (Å²) in [5.41, 5.74) is 3.39. The molecule has 0 spiro atoms. The van der Waals surface area contributed by atoms with Gasteiger partial charge in [0.2, 0.25) is 0 Å². The Labute approximate surface area is 145 Å². The molecule has 2 aromatic rings. The second kappa shape index (κ2) is 7.36. The molecule has 1 fully saturated rings. The molecule has 3 rings (SSSR count). The van der Waals surface area contributed by atoms with Gasteiger partial charge in [-0.3, -0.25) is 10.1 Å². The van der Waals surface area contributed by atoms with Gasteiger partial charge in [-0.05, 0) is 32.3 Å². The van der Waals surface area contributed by atoms with E-state index in [-0.39, 0.29) is 16.7 Å². The van der Waals surface area contributed by atoms with Gasteiger partial charge < -0.3 is 9.30 Å². The number of nitro benzene ring substituents is 1. The maximum atomic E-state index is 10.7. The van der Waals surface area contributed by atoms with E-state index in [1.165, 1.54) is 5.69 Å². The molecule has 0 aliphatic carbocycles. The summed E-state index contributed by atoms with van der Waals surface area (Å²) in [5, 5.41) is 11.7. The van der Waals surface area contributed by atoms with E-state index in [0.29, 0.717) is 0 Å². The van der Waals surface area contributed by atoms with Crippen LogP contribution < -0.4 is 0 Å². The number of imidazole rings is 1. The first-order chi connectivity index (χ1) is 11.5. The van der Waals surface area contributed by atoms with Crippen molar-refractivity contribution in [3.8, 4) is 0 Å². The minimum atomic E-state index is -0.377. The predicted molar refractivity (Wildman–Crippen MR) is 93.3 cm³/mol. The van der Waals surface area contributed by atoms with Crippen LogP contribution in [0.5, 0.6) is 0 Å². The molecule has 7 heteroatoms. The number of rotatable bonds is 6. The number of thioether (sulfide) groups is 1. The first-order valence-electron chi connectivity index (χ1n) is 8.06. The molecular weight excluding hydrogens is 326 g/mol. The van der Waals surface area contributed by atoms with Crippen molar-refractivity contribution in [2.24, 2.45) is 0 Å². The maximum Gasteiger partial charge on any atom is 0.269 e. The molecule has 6 nitrogen and oxygen atoms in total. The molecule has 0 amide bonds. The van der Waals surface area contributed by atoms with Crippen molar-refractivity contribution in [3.63, 3.8) is 0 Å². The molecule has 0 saturated carbocycles. The molecule has 2 heterocycles. The lowest BCUT2D eigenvalue weighted by atomic mass is 10.2. The highest BCUT2D eigenvalue weighted by atomic mass is 32.2. The van der Waals surface area contributed by atoms with E-state index < -0.39 is 0 Å². The number of hydrogen-bond acceptors (Lipinski definition) is 5. The number of nitro groups is 1. The zero-order valence-electron chi connectivity index (χ0n) is 13.9. The zero-order valence-corrected chi connectivity index (χ0v) is 14.7. The number of nitrogens with zero attached hydrogens (tertiary/aromatic N) is 3. The number of ether oxygens (including phenoxy) is 1. The molecule has 0 N–H and O–H groups in total. The number of aromatic nitrogens is 2. The molecule has 24 heavy (non-hydrogen) atoms. The van der Waals surface area contributed by atoms with Gasteiger partial charge in [0.25, 0.3) is 5.69 Å². The van der Waals surface area contributed by atoms with Crippen LogP contribution in [0.2, 0.25) is 0 Å². The van der Waals surface area contributed by atoms with Crippen LogP contribution in [-0.2, 0) is 17.0 Å². The third-order valence-electron chi connectivity index (χ3n) is 4.35. The topological polar surface area (TPSA) is 70.2 Å². The van der Waals surface area contributed by atoms with Crippen molar-refractivity contribution < 1.29 is 9.66 Å². The fraction of sp³-hybridized carbons (Fsp3) is 0.471. The summed E-state index contributed by atoms with van der Waals surface area (Å²) < 4.78 is 7.99. The van der Waals surface area contributed by atoms with Crippen molar-refractivity contribution in [2.75, 3.05) is 6.61 Å². The number of benzene rings is 1. The summed E-state index contributed by atoms with van der Waals surface area (Å²) in [4.78, 5) is 15.0. The standard InChI is InChI=1S/C17H21N3O3S/c1-12-13(2)19(10-16-4-3-9-23-16)17(18-12)24-11-14-5-7-15(8-6-14)20(21)22/h5-8,16H,3-4,9-11H2,1-2H3. The van der Waals surface area contributed by atoms with E-state index >= 15 is 0 Å². The number of aryl methyl sites for hydroxylation is 1. The van der Waals surface area contributed by atoms with Gasteiger partial charge >= 0.3 is 0 Å². The molecule has 0 radical (unpaired) electrons. The lowest BCUT2D eigenvalue weighted by Crippen LogP contribution is -2.16. The van der Waals surface area contributed by atoms with E-state index in [9.17, 15) is 10.1 Å². The molecule has 1 atom stereocenters. The van der Waals surface area contributed by atoms with Gasteiger partial charge in [0.15, 0.2) is 5.16 Å². The summed E-state index contributed by atoms with van der Waals surface area (Å²) in [6.07, 6.45) is 2.50. The van der Waals surface area contributed by atoms with Crippen LogP contribution in [0.4, 0.5) is 5.69 Å². The second-order valence-electron chi connectivity index (χ2n) is 6.02. The largest absolute Gasteiger partial charge is 0.376 e. The van der Waals surface area contributed by atoms with Gasteiger partial charge in [-0.25, -0.2) is 4.98 Å². The van der Waals surface area contributed by atoms with Crippen molar-refractivity contribution in [1.82, 2.24) is 9.55 Å². The van der Waals surface area contributed by atoms with E-state index in [2.05, 4.69) is 16.5 Å². The van der Waals surface area contributed by atoms with Gasteiger partial charge in [0.1, 0.15) is 0 Å². The van der Waals surface area contributed by atoms with Gasteiger partial charge in [0, 0.05) is 30.2 Å². The Morgan fingerprint density at radius 3 is 2.75 bits per heavy atom. The fourth-order valence-electron chi connectivity index (χ4n) is 2.80. The first-order valence-corrected chi connectivity index (χ1v) is 9.04. The number of hydrogen-bond donors (Lipinski definition) is 0. The van der Waals surface area contributed by atoms with Crippen LogP contribution >= 0.6 is 11.8 Å². The average molecular weight is 347 g/mol. The summed E-state index contributed by atoms with van der Waals surface area (Å²) in [7, 11) is 0. The van der Waals surface area contributed by atoms with Crippen molar-refractivity contribution >= 4 is 17.4 Å². The van der Waals surface area contributed by atoms with Gasteiger partial charge in [-0.15, -0.1) is 0 Å². The normalized spacial score (nSPS) is 17.3. The monoisotopic (exact) mass is 347 g/mol. The fourth-order valence-corrected chi connectivity index (χ4v) is 3.86. The average Bonchev–Trinajstić information content (AvgIpc) is 3.17. The van der Waals surface area contributed by atoms with Gasteiger partial charge in [-0.2, -0.15) is 0 Å². The maximum absolute atomic E-state index is 10.7. The predicted octanol–water partition coefficient (Wildman–Crippen LogP) is 3.88. The number of non-ortho nitro benzene ring substituents is 1. The molecule has 1 aliphatic rings. The lowest BCUT2D eigenvalue weighted by molar-refractivity contribution is -0.384. The quantitative estimate of drug-likeness (QED) is 0.450. The van der Waals surface area contributed by atoms with Crippen LogP contribution in [0, 0.1) is 24.0 Å². The third-order valence-corrected chi connectivity index (χ3v) is 5.40. The zero-order chi connectivity index (χ0) is 17.1. The van der Waals surface area contributed by atoms with Crippen LogP contribution in [0.15, 0.2) is 29.4 Å². The minimum absolute atomic E-state index is 0.121. The molecule has 0 bridgehead atoms. The Bertz CT molecular complexity index is 721. The van der Waals surface area contributed by atoms with E-state index in [1.54, 1.807) is 36.0 Å². The lowest BCUT2D eigenvalue weighted by Gasteiger charge is -2.14. The summed E-state index contributed by atoms with van der Waals surface area (Å²) in [6, 6.07) is 6.70. The SMILES string of the molecule is Cc1nc(SCc2ccc([N+](=O)[O-])cc2)n(CC2CCCO2)c1C. The second-order valence-corrected chi connectivity index (χ2v) is 6.97. The summed E-state index contributed by atoms with van der Waals surface area (Å²) >= 11 is 1.66. The minimum Gasteiger partial charge on any atom is -0.376 e. The highest BCUT2D eigenvalue weighted by Gasteiger charge is 2.20. The third kappa shape index (κ3) is 3.79. The van der Waals surface area contributed by atoms with E-state index in [1.807, 2.05) is 6.92 Å². The van der Waals surface area contributed by atoms with E-state index in [0.717, 1.165) is 48.2 Å². The van der Waals surface area contributed by atoms with Crippen LogP contribution in [0.1, 0.15) is 29.8 Å². The highest BCUT2D eigenvalue weighted by Crippen LogP contribution is 2.27. The smallest absolute Gasteiger partial charge is 0.269 e. The molecule has 128 valence electrons. The van der Waals surface area contributed by atoms with Crippen LogP contribution in [-0.4, -0.2) is 27.2 Å². The van der Waals surface area contributed by atoms with E-state index in [4.69, 9.17) is 4.74 Å². The highest BCUT2D eigenvalue weighted by molar-refractivity contribution is 7.98. The Hall–Kier alpha value is -1.86. The van der Waals surface area contributed by atoms with Crippen molar-refractivity contribution in [1.29, 1.82) is 0 Å². The molecule has 1 aliphatic heterocycles. The van der Waals surface area contributed by atoms with Crippen molar-refractivity contribution in [3.05, 3.63) is 51.3 Å². The molecule has 1 aromatic carbocycles. The van der Waals surface area contributed by atoms with Crippen molar-refractivity contribution in [2.45, 2.75) is 50.2 Å². The van der Waals surface area contributed by atoms with Gasteiger partial charge in [-0.1, -0.05) is 23.9 Å². The Balaban J connectivity index is 1.70. The molecule has 1 aromatic heterocycles. The summed E-state index contributed by atoms with van der Waals surface area (Å²) in [5.74, 6) is 0.736. The summed E-state index contributed by atoms with van der Waals surface area (Å²) in [6.45, 7) is 5.81. The van der Waals surface area contributed by atoms with Crippen LogP contribution in [0.3, 0.4) is 0 Å². The van der Waals surface area contributed by atoms with Crippen LogP contribution in [0.25, 0.3) is 0 Å². The van der Waals surface area contributed by atoms with Gasteiger partial charge in [0.05, 0.1) is 23.3 Å².